The third-order valence-corrected chi connectivity index (χ3v) is 4.83. The zero-order chi connectivity index (χ0) is 18.4. The molecule has 2 aromatic rings. The van der Waals surface area contributed by atoms with E-state index in [1.807, 2.05) is 33.9 Å². The van der Waals surface area contributed by atoms with Crippen LogP contribution in [0.3, 0.4) is 0 Å². The van der Waals surface area contributed by atoms with E-state index in [9.17, 15) is 4.79 Å². The number of aromatic nitrogens is 2. The number of carbonyl (C=O) groups excluding carboxylic acids is 1. The number of hydrogen-bond donors (Lipinski definition) is 1. The Hall–Kier alpha value is -2.54. The second-order valence-electron chi connectivity index (χ2n) is 6.62. The molecule has 0 aliphatic carbocycles. The standard InChI is InChI=1S/C19H27N5O2/c1-16(24-8-7-20-15-24)13-21-19(25)23-11-9-22(10-12-23)14-17-5-3-4-6-18(17)26-2/h3-8,15-16H,9-14H2,1-2H3,(H,21,25). The summed E-state index contributed by atoms with van der Waals surface area (Å²) >= 11 is 0. The monoisotopic (exact) mass is 357 g/mol. The molecule has 1 aromatic carbocycles. The molecule has 0 radical (unpaired) electrons. The number of piperazine rings is 1. The first-order chi connectivity index (χ1) is 12.7. The Morgan fingerprint density at radius 2 is 2.04 bits per heavy atom. The van der Waals surface area contributed by atoms with Crippen LogP contribution in [0.5, 0.6) is 5.75 Å². The lowest BCUT2D eigenvalue weighted by Gasteiger charge is -2.35. The number of methoxy groups -OCH3 is 1. The normalized spacial score (nSPS) is 16.3. The van der Waals surface area contributed by atoms with E-state index in [1.165, 1.54) is 5.56 Å². The zero-order valence-corrected chi connectivity index (χ0v) is 15.5. The highest BCUT2D eigenvalue weighted by atomic mass is 16.5. The van der Waals surface area contributed by atoms with Crippen molar-refractivity contribution < 1.29 is 9.53 Å². The Labute approximate surface area is 154 Å². The molecule has 2 heterocycles. The molecule has 7 nitrogen and oxygen atoms in total. The summed E-state index contributed by atoms with van der Waals surface area (Å²) in [5, 5.41) is 3.02. The highest BCUT2D eigenvalue weighted by Crippen LogP contribution is 2.20. The van der Waals surface area contributed by atoms with Crippen LogP contribution in [0.1, 0.15) is 18.5 Å². The fourth-order valence-corrected chi connectivity index (χ4v) is 3.17. The third kappa shape index (κ3) is 4.54. The zero-order valence-electron chi connectivity index (χ0n) is 15.5. The number of imidazole rings is 1. The SMILES string of the molecule is COc1ccccc1CN1CCN(C(=O)NCC(C)n2ccnc2)CC1. The summed E-state index contributed by atoms with van der Waals surface area (Å²) in [4.78, 5) is 20.7. The van der Waals surface area contributed by atoms with Gasteiger partial charge in [-0.3, -0.25) is 4.90 Å². The van der Waals surface area contributed by atoms with Gasteiger partial charge in [-0.2, -0.15) is 0 Å². The van der Waals surface area contributed by atoms with Crippen LogP contribution in [-0.2, 0) is 6.54 Å². The van der Waals surface area contributed by atoms with Gasteiger partial charge in [0, 0.05) is 63.3 Å². The Balaban J connectivity index is 1.43. The maximum Gasteiger partial charge on any atom is 0.317 e. The van der Waals surface area contributed by atoms with E-state index >= 15 is 0 Å². The maximum atomic E-state index is 12.4. The van der Waals surface area contributed by atoms with Crippen LogP contribution in [-0.4, -0.2) is 65.2 Å². The molecular weight excluding hydrogens is 330 g/mol. The summed E-state index contributed by atoms with van der Waals surface area (Å²) in [6.45, 7) is 6.70. The van der Waals surface area contributed by atoms with E-state index < -0.39 is 0 Å². The molecule has 1 aromatic heterocycles. The number of rotatable bonds is 6. The minimum atomic E-state index is 0.00825. The molecule has 140 valence electrons. The molecule has 0 bridgehead atoms. The molecule has 7 heteroatoms. The summed E-state index contributed by atoms with van der Waals surface area (Å²) in [5.74, 6) is 0.918. The number of para-hydroxylation sites is 1. The molecule has 0 spiro atoms. The van der Waals surface area contributed by atoms with Crippen molar-refractivity contribution in [3.05, 3.63) is 48.5 Å². The average Bonchev–Trinajstić information content (AvgIpc) is 3.22. The first kappa shape index (κ1) is 18.3. The van der Waals surface area contributed by atoms with Gasteiger partial charge in [-0.15, -0.1) is 0 Å². The number of amides is 2. The van der Waals surface area contributed by atoms with Crippen LogP contribution >= 0.6 is 0 Å². The lowest BCUT2D eigenvalue weighted by Crippen LogP contribution is -2.52. The summed E-state index contributed by atoms with van der Waals surface area (Å²) in [7, 11) is 1.70. The average molecular weight is 357 g/mol. The lowest BCUT2D eigenvalue weighted by molar-refractivity contribution is 0.134. The molecule has 2 amide bonds. The third-order valence-electron chi connectivity index (χ3n) is 4.83. The van der Waals surface area contributed by atoms with Crippen LogP contribution in [0, 0.1) is 0 Å². The predicted molar refractivity (Wildman–Crippen MR) is 100 cm³/mol. The molecule has 1 saturated heterocycles. The highest BCUT2D eigenvalue weighted by Gasteiger charge is 2.22. The van der Waals surface area contributed by atoms with Crippen molar-refractivity contribution in [2.45, 2.75) is 19.5 Å². The van der Waals surface area contributed by atoms with E-state index in [0.717, 1.165) is 38.5 Å². The van der Waals surface area contributed by atoms with E-state index in [4.69, 9.17) is 4.74 Å². The van der Waals surface area contributed by atoms with Gasteiger partial charge >= 0.3 is 6.03 Å². The molecule has 1 aliphatic rings. The van der Waals surface area contributed by atoms with Gasteiger partial charge in [-0.05, 0) is 13.0 Å². The first-order valence-corrected chi connectivity index (χ1v) is 9.02. The second kappa shape index (κ2) is 8.71. The van der Waals surface area contributed by atoms with Crippen LogP contribution in [0.2, 0.25) is 0 Å². The number of nitrogens with one attached hydrogen (secondary N) is 1. The van der Waals surface area contributed by atoms with Crippen molar-refractivity contribution in [1.29, 1.82) is 0 Å². The topological polar surface area (TPSA) is 62.6 Å². The van der Waals surface area contributed by atoms with Gasteiger partial charge in [-0.1, -0.05) is 18.2 Å². The van der Waals surface area contributed by atoms with Crippen LogP contribution in [0.15, 0.2) is 43.0 Å². The molecule has 1 aliphatic heterocycles. The Kier molecular flexibility index (Phi) is 6.12. The smallest absolute Gasteiger partial charge is 0.317 e. The van der Waals surface area contributed by atoms with Crippen LogP contribution in [0.25, 0.3) is 0 Å². The van der Waals surface area contributed by atoms with Crippen molar-refractivity contribution in [3.8, 4) is 5.75 Å². The quantitative estimate of drug-likeness (QED) is 0.859. The van der Waals surface area contributed by atoms with Crippen molar-refractivity contribution in [2.24, 2.45) is 0 Å². The van der Waals surface area contributed by atoms with E-state index in [1.54, 1.807) is 19.6 Å². The molecule has 1 N–H and O–H groups in total. The van der Waals surface area contributed by atoms with Gasteiger partial charge in [0.25, 0.3) is 0 Å². The van der Waals surface area contributed by atoms with E-state index in [-0.39, 0.29) is 12.1 Å². The second-order valence-corrected chi connectivity index (χ2v) is 6.62. The van der Waals surface area contributed by atoms with Gasteiger partial charge in [-0.25, -0.2) is 9.78 Å². The number of nitrogens with zero attached hydrogens (tertiary/aromatic N) is 4. The lowest BCUT2D eigenvalue weighted by atomic mass is 10.1. The van der Waals surface area contributed by atoms with Gasteiger partial charge in [0.2, 0.25) is 0 Å². The van der Waals surface area contributed by atoms with Gasteiger partial charge < -0.3 is 19.5 Å². The molecule has 3 rings (SSSR count). The number of benzene rings is 1. The van der Waals surface area contributed by atoms with Crippen molar-refractivity contribution in [2.75, 3.05) is 39.8 Å². The number of hydrogen-bond acceptors (Lipinski definition) is 4. The minimum absolute atomic E-state index is 0.00825. The number of urea groups is 1. The Bertz CT molecular complexity index is 696. The fraction of sp³-hybridized carbons (Fsp3) is 0.474. The molecule has 1 atom stereocenters. The number of ether oxygens (including phenoxy) is 1. The molecule has 1 unspecified atom stereocenters. The van der Waals surface area contributed by atoms with Crippen molar-refractivity contribution in [1.82, 2.24) is 24.7 Å². The van der Waals surface area contributed by atoms with Gasteiger partial charge in [0.15, 0.2) is 0 Å². The highest BCUT2D eigenvalue weighted by molar-refractivity contribution is 5.74. The molecule has 26 heavy (non-hydrogen) atoms. The Morgan fingerprint density at radius 3 is 2.73 bits per heavy atom. The molecule has 1 fully saturated rings. The Morgan fingerprint density at radius 1 is 1.27 bits per heavy atom. The minimum Gasteiger partial charge on any atom is -0.496 e. The largest absolute Gasteiger partial charge is 0.496 e. The number of carbonyl (C=O) groups is 1. The summed E-state index contributed by atoms with van der Waals surface area (Å²) in [5.41, 5.74) is 1.18. The van der Waals surface area contributed by atoms with E-state index in [0.29, 0.717) is 6.54 Å². The van der Waals surface area contributed by atoms with Crippen LogP contribution in [0.4, 0.5) is 4.79 Å². The summed E-state index contributed by atoms with van der Waals surface area (Å²) in [6.07, 6.45) is 5.43. The summed E-state index contributed by atoms with van der Waals surface area (Å²) in [6, 6.07) is 8.29. The fourth-order valence-electron chi connectivity index (χ4n) is 3.17. The summed E-state index contributed by atoms with van der Waals surface area (Å²) < 4.78 is 7.42. The van der Waals surface area contributed by atoms with Crippen LogP contribution < -0.4 is 10.1 Å². The van der Waals surface area contributed by atoms with Crippen molar-refractivity contribution >= 4 is 6.03 Å². The molecular formula is C19H27N5O2. The maximum absolute atomic E-state index is 12.4. The molecule has 0 saturated carbocycles. The van der Waals surface area contributed by atoms with Gasteiger partial charge in [0.05, 0.1) is 13.4 Å². The predicted octanol–water partition coefficient (Wildman–Crippen LogP) is 1.98. The van der Waals surface area contributed by atoms with Crippen molar-refractivity contribution in [3.63, 3.8) is 0 Å². The first-order valence-electron chi connectivity index (χ1n) is 9.02. The van der Waals surface area contributed by atoms with E-state index in [2.05, 4.69) is 28.2 Å². The van der Waals surface area contributed by atoms with Gasteiger partial charge in [0.1, 0.15) is 5.75 Å².